The maximum Gasteiger partial charge on any atom is 0.227 e. The molecule has 0 saturated heterocycles. The van der Waals surface area contributed by atoms with Gasteiger partial charge in [-0.1, -0.05) is 30.3 Å². The molecular weight excluding hydrogens is 324 g/mol. The summed E-state index contributed by atoms with van der Waals surface area (Å²) in [5, 5.41) is 9.66. The number of anilines is 2. The molecule has 1 unspecified atom stereocenters. The molecule has 1 atom stereocenters. The number of hydrogen-bond donors (Lipinski definition) is 2. The Bertz CT molecular complexity index is 1060. The normalized spacial score (nSPS) is 12.2. The smallest absolute Gasteiger partial charge is 0.227 e. The molecule has 0 radical (unpaired) electrons. The summed E-state index contributed by atoms with van der Waals surface area (Å²) in [7, 11) is 1.86. The summed E-state index contributed by atoms with van der Waals surface area (Å²) in [5.41, 5.74) is 1.83. The van der Waals surface area contributed by atoms with Crippen LogP contribution in [0, 0.1) is 0 Å². The quantitative estimate of drug-likeness (QED) is 0.523. The zero-order chi connectivity index (χ0) is 17.9. The van der Waals surface area contributed by atoms with Gasteiger partial charge in [0.1, 0.15) is 12.0 Å². The maximum absolute atomic E-state index is 5.76. The fraction of sp³-hybridized carbons (Fsp3) is 0.143. The highest BCUT2D eigenvalue weighted by Crippen LogP contribution is 2.23. The van der Waals surface area contributed by atoms with Gasteiger partial charge in [-0.05, 0) is 55.1 Å². The van der Waals surface area contributed by atoms with E-state index < -0.39 is 0 Å². The molecular formula is C21H20N4O. The summed E-state index contributed by atoms with van der Waals surface area (Å²) < 4.78 is 5.76. The second-order valence-corrected chi connectivity index (χ2v) is 6.15. The van der Waals surface area contributed by atoms with E-state index in [1.807, 2.05) is 56.6 Å². The van der Waals surface area contributed by atoms with Crippen LogP contribution in [0.1, 0.15) is 6.92 Å². The lowest BCUT2D eigenvalue weighted by Gasteiger charge is -2.13. The third-order valence-electron chi connectivity index (χ3n) is 4.28. The molecule has 1 aromatic heterocycles. The monoisotopic (exact) mass is 344 g/mol. The number of hydrogen-bond acceptors (Lipinski definition) is 5. The first-order valence-corrected chi connectivity index (χ1v) is 8.58. The number of ether oxygens (including phenoxy) is 1. The van der Waals surface area contributed by atoms with E-state index in [-0.39, 0.29) is 6.23 Å². The van der Waals surface area contributed by atoms with Gasteiger partial charge in [0.25, 0.3) is 0 Å². The lowest BCUT2D eigenvalue weighted by Crippen LogP contribution is -2.27. The average molecular weight is 344 g/mol. The molecule has 0 aliphatic rings. The van der Waals surface area contributed by atoms with Crippen LogP contribution < -0.4 is 15.4 Å². The van der Waals surface area contributed by atoms with E-state index in [0.29, 0.717) is 5.95 Å². The van der Waals surface area contributed by atoms with Crippen LogP contribution in [0.15, 0.2) is 66.9 Å². The van der Waals surface area contributed by atoms with Gasteiger partial charge >= 0.3 is 0 Å². The SMILES string of the molecule is CNC(C)Oc1ccc2nc(Nc3ccc4ccccc4c3)ncc2c1. The Morgan fingerprint density at radius 1 is 0.923 bits per heavy atom. The molecule has 5 nitrogen and oxygen atoms in total. The third kappa shape index (κ3) is 3.43. The van der Waals surface area contributed by atoms with Crippen LogP contribution in [-0.4, -0.2) is 23.2 Å². The van der Waals surface area contributed by atoms with Crippen LogP contribution in [0.5, 0.6) is 5.75 Å². The zero-order valence-corrected chi connectivity index (χ0v) is 14.7. The van der Waals surface area contributed by atoms with Crippen molar-refractivity contribution in [1.29, 1.82) is 0 Å². The van der Waals surface area contributed by atoms with Crippen LogP contribution in [-0.2, 0) is 0 Å². The van der Waals surface area contributed by atoms with Gasteiger partial charge in [-0.15, -0.1) is 0 Å². The molecule has 4 rings (SSSR count). The van der Waals surface area contributed by atoms with Gasteiger partial charge in [-0.2, -0.15) is 0 Å². The lowest BCUT2D eigenvalue weighted by molar-refractivity contribution is 0.194. The largest absolute Gasteiger partial charge is 0.476 e. The lowest BCUT2D eigenvalue weighted by atomic mass is 10.1. The van der Waals surface area contributed by atoms with Gasteiger partial charge in [-0.3, -0.25) is 5.32 Å². The van der Waals surface area contributed by atoms with Crippen LogP contribution in [0.25, 0.3) is 21.7 Å². The van der Waals surface area contributed by atoms with E-state index in [4.69, 9.17) is 4.74 Å². The van der Waals surface area contributed by atoms with Crippen LogP contribution in [0.3, 0.4) is 0 Å². The van der Waals surface area contributed by atoms with Crippen molar-refractivity contribution in [3.05, 3.63) is 66.9 Å². The second kappa shape index (κ2) is 6.98. The van der Waals surface area contributed by atoms with Gasteiger partial charge in [0, 0.05) is 17.3 Å². The highest BCUT2D eigenvalue weighted by molar-refractivity contribution is 5.86. The van der Waals surface area contributed by atoms with Gasteiger partial charge < -0.3 is 10.1 Å². The molecule has 2 N–H and O–H groups in total. The fourth-order valence-corrected chi connectivity index (χ4v) is 2.80. The standard InChI is InChI=1S/C21H20N4O/c1-14(22-2)26-19-9-10-20-17(12-19)13-23-21(25-20)24-18-8-7-15-5-3-4-6-16(15)11-18/h3-14,22H,1-2H3,(H,23,24,25). The van der Waals surface area contributed by atoms with Crippen LogP contribution >= 0.6 is 0 Å². The van der Waals surface area contributed by atoms with Gasteiger partial charge in [0.05, 0.1) is 5.52 Å². The van der Waals surface area contributed by atoms with E-state index >= 15 is 0 Å². The van der Waals surface area contributed by atoms with E-state index in [1.54, 1.807) is 0 Å². The average Bonchev–Trinajstić information content (AvgIpc) is 2.68. The van der Waals surface area contributed by atoms with Crippen molar-refractivity contribution in [1.82, 2.24) is 15.3 Å². The Morgan fingerprint density at radius 3 is 2.62 bits per heavy atom. The predicted octanol–water partition coefficient (Wildman–Crippen LogP) is 4.47. The van der Waals surface area contributed by atoms with Crippen molar-refractivity contribution in [3.8, 4) is 5.75 Å². The molecule has 0 saturated carbocycles. The van der Waals surface area contributed by atoms with Crippen LogP contribution in [0.4, 0.5) is 11.6 Å². The number of aromatic nitrogens is 2. The Morgan fingerprint density at radius 2 is 1.77 bits per heavy atom. The first-order valence-electron chi connectivity index (χ1n) is 8.58. The first kappa shape index (κ1) is 16.3. The molecule has 0 amide bonds. The van der Waals surface area contributed by atoms with Gasteiger partial charge in [-0.25, -0.2) is 9.97 Å². The molecule has 0 spiro atoms. The number of benzene rings is 3. The summed E-state index contributed by atoms with van der Waals surface area (Å²) in [6.07, 6.45) is 1.75. The highest BCUT2D eigenvalue weighted by Gasteiger charge is 2.05. The summed E-state index contributed by atoms with van der Waals surface area (Å²) in [6.45, 7) is 1.96. The van der Waals surface area contributed by atoms with Crippen molar-refractivity contribution >= 4 is 33.3 Å². The Labute approximate surface area is 152 Å². The molecule has 4 aromatic rings. The topological polar surface area (TPSA) is 59.1 Å². The molecule has 130 valence electrons. The van der Waals surface area contributed by atoms with E-state index in [0.717, 1.165) is 22.3 Å². The van der Waals surface area contributed by atoms with Crippen molar-refractivity contribution in [2.75, 3.05) is 12.4 Å². The highest BCUT2D eigenvalue weighted by atomic mass is 16.5. The fourth-order valence-electron chi connectivity index (χ4n) is 2.80. The second-order valence-electron chi connectivity index (χ2n) is 6.15. The number of rotatable bonds is 5. The minimum Gasteiger partial charge on any atom is -0.476 e. The molecule has 0 bridgehead atoms. The molecule has 0 aliphatic heterocycles. The van der Waals surface area contributed by atoms with Crippen molar-refractivity contribution < 1.29 is 4.74 Å². The predicted molar refractivity (Wildman–Crippen MR) is 106 cm³/mol. The molecule has 26 heavy (non-hydrogen) atoms. The molecule has 0 aliphatic carbocycles. The minimum absolute atomic E-state index is 0.0535. The van der Waals surface area contributed by atoms with Crippen molar-refractivity contribution in [2.45, 2.75) is 13.2 Å². The van der Waals surface area contributed by atoms with Gasteiger partial charge in [0.2, 0.25) is 5.95 Å². The third-order valence-corrected chi connectivity index (χ3v) is 4.28. The maximum atomic E-state index is 5.76. The first-order chi connectivity index (χ1) is 12.7. The number of nitrogens with zero attached hydrogens (tertiary/aromatic N) is 2. The van der Waals surface area contributed by atoms with Crippen LogP contribution in [0.2, 0.25) is 0 Å². The van der Waals surface area contributed by atoms with E-state index in [9.17, 15) is 0 Å². The van der Waals surface area contributed by atoms with Crippen molar-refractivity contribution in [2.24, 2.45) is 0 Å². The zero-order valence-electron chi connectivity index (χ0n) is 14.7. The number of fused-ring (bicyclic) bond motifs is 2. The summed E-state index contributed by atoms with van der Waals surface area (Å²) >= 11 is 0. The number of nitrogens with one attached hydrogen (secondary N) is 2. The Hall–Kier alpha value is -3.18. The molecule has 1 heterocycles. The summed E-state index contributed by atoms with van der Waals surface area (Å²) in [5.74, 6) is 1.36. The summed E-state index contributed by atoms with van der Waals surface area (Å²) in [6, 6.07) is 20.3. The minimum atomic E-state index is -0.0535. The van der Waals surface area contributed by atoms with Gasteiger partial charge in [0.15, 0.2) is 0 Å². The van der Waals surface area contributed by atoms with Crippen molar-refractivity contribution in [3.63, 3.8) is 0 Å². The van der Waals surface area contributed by atoms with E-state index in [1.165, 1.54) is 10.8 Å². The van der Waals surface area contributed by atoms with E-state index in [2.05, 4.69) is 44.9 Å². The molecule has 5 heteroatoms. The molecule has 0 fully saturated rings. The summed E-state index contributed by atoms with van der Waals surface area (Å²) in [4.78, 5) is 9.03. The Kier molecular flexibility index (Phi) is 4.37. The molecule has 3 aromatic carbocycles. The Balaban J connectivity index is 1.59.